The van der Waals surface area contributed by atoms with Crippen LogP contribution in [-0.4, -0.2) is 22.8 Å². The standard InChI is InChI=1S/C14H12ClN3O4/c1-16(14(19)10-4-6-17(20)7-5-10)9-11-8-12(18(21)22)2-3-13(11)15/h2-8H,9H2,1H3. The van der Waals surface area contributed by atoms with Crippen LogP contribution < -0.4 is 4.73 Å². The lowest BCUT2D eigenvalue weighted by Gasteiger charge is -2.17. The number of aromatic nitrogens is 1. The summed E-state index contributed by atoms with van der Waals surface area (Å²) in [5, 5.41) is 22.1. The van der Waals surface area contributed by atoms with E-state index in [0.29, 0.717) is 20.9 Å². The van der Waals surface area contributed by atoms with E-state index < -0.39 is 4.92 Å². The van der Waals surface area contributed by atoms with Crippen LogP contribution in [0.3, 0.4) is 0 Å². The molecule has 0 N–H and O–H groups in total. The summed E-state index contributed by atoms with van der Waals surface area (Å²) in [5.74, 6) is -0.317. The topological polar surface area (TPSA) is 90.4 Å². The van der Waals surface area contributed by atoms with E-state index in [1.807, 2.05) is 0 Å². The molecular weight excluding hydrogens is 310 g/mol. The fourth-order valence-corrected chi connectivity index (χ4v) is 2.08. The van der Waals surface area contributed by atoms with Crippen LogP contribution in [0.1, 0.15) is 15.9 Å². The Morgan fingerprint density at radius 3 is 2.55 bits per heavy atom. The number of nitro benzene ring substituents is 1. The van der Waals surface area contributed by atoms with Crippen molar-refractivity contribution in [3.05, 3.63) is 74.2 Å². The molecule has 7 nitrogen and oxygen atoms in total. The lowest BCUT2D eigenvalue weighted by molar-refractivity contribution is -0.605. The number of carbonyl (C=O) groups is 1. The maximum Gasteiger partial charge on any atom is 0.269 e. The molecule has 1 aromatic carbocycles. The Morgan fingerprint density at radius 1 is 1.32 bits per heavy atom. The molecule has 8 heteroatoms. The van der Waals surface area contributed by atoms with Crippen LogP contribution in [-0.2, 0) is 6.54 Å². The molecule has 0 atom stereocenters. The highest BCUT2D eigenvalue weighted by molar-refractivity contribution is 6.31. The van der Waals surface area contributed by atoms with Gasteiger partial charge >= 0.3 is 0 Å². The molecule has 22 heavy (non-hydrogen) atoms. The van der Waals surface area contributed by atoms with E-state index in [2.05, 4.69) is 0 Å². The predicted octanol–water partition coefficient (Wildman–Crippen LogP) is 2.15. The zero-order chi connectivity index (χ0) is 16.3. The van der Waals surface area contributed by atoms with E-state index >= 15 is 0 Å². The maximum atomic E-state index is 12.2. The van der Waals surface area contributed by atoms with Crippen molar-refractivity contribution in [3.63, 3.8) is 0 Å². The number of halogens is 1. The number of pyridine rings is 1. The molecule has 1 amide bonds. The van der Waals surface area contributed by atoms with Gasteiger partial charge in [0.1, 0.15) is 0 Å². The Morgan fingerprint density at radius 2 is 1.95 bits per heavy atom. The smallest absolute Gasteiger partial charge is 0.269 e. The number of hydrogen-bond acceptors (Lipinski definition) is 4. The first-order chi connectivity index (χ1) is 10.4. The Kier molecular flexibility index (Phi) is 4.57. The normalized spacial score (nSPS) is 10.3. The molecule has 0 aliphatic rings. The highest BCUT2D eigenvalue weighted by Gasteiger charge is 2.16. The number of nitro groups is 1. The summed E-state index contributed by atoms with van der Waals surface area (Å²) in [4.78, 5) is 23.9. The first-order valence-corrected chi connectivity index (χ1v) is 6.63. The number of nitrogens with zero attached hydrogens (tertiary/aromatic N) is 3. The van der Waals surface area contributed by atoms with Crippen molar-refractivity contribution in [1.82, 2.24) is 4.90 Å². The van der Waals surface area contributed by atoms with E-state index in [-0.39, 0.29) is 18.1 Å². The monoisotopic (exact) mass is 321 g/mol. The third-order valence-electron chi connectivity index (χ3n) is 3.04. The second-order valence-electron chi connectivity index (χ2n) is 4.64. The number of carbonyl (C=O) groups excluding carboxylic acids is 1. The highest BCUT2D eigenvalue weighted by atomic mass is 35.5. The minimum Gasteiger partial charge on any atom is -0.619 e. The summed E-state index contributed by atoms with van der Waals surface area (Å²) in [6.07, 6.45) is 2.45. The Bertz CT molecular complexity index is 719. The van der Waals surface area contributed by atoms with Crippen LogP contribution in [0.25, 0.3) is 0 Å². The minimum absolute atomic E-state index is 0.0904. The summed E-state index contributed by atoms with van der Waals surface area (Å²) >= 11 is 6.01. The third kappa shape index (κ3) is 3.50. The molecule has 0 saturated carbocycles. The van der Waals surface area contributed by atoms with Crippen LogP contribution in [0.4, 0.5) is 5.69 Å². The Hall–Kier alpha value is -2.67. The van der Waals surface area contributed by atoms with Gasteiger partial charge in [0, 0.05) is 42.9 Å². The first-order valence-electron chi connectivity index (χ1n) is 6.25. The largest absolute Gasteiger partial charge is 0.619 e. The van der Waals surface area contributed by atoms with E-state index in [1.165, 1.54) is 47.6 Å². The van der Waals surface area contributed by atoms with Crippen molar-refractivity contribution in [2.75, 3.05) is 7.05 Å². The van der Waals surface area contributed by atoms with Crippen molar-refractivity contribution in [1.29, 1.82) is 0 Å². The molecule has 0 bridgehead atoms. The second kappa shape index (κ2) is 6.40. The van der Waals surface area contributed by atoms with Gasteiger partial charge in [-0.2, -0.15) is 4.73 Å². The molecule has 2 aromatic rings. The van der Waals surface area contributed by atoms with Gasteiger partial charge in [-0.1, -0.05) is 11.6 Å². The van der Waals surface area contributed by atoms with Crippen molar-refractivity contribution in [2.24, 2.45) is 0 Å². The molecule has 1 heterocycles. The third-order valence-corrected chi connectivity index (χ3v) is 3.41. The van der Waals surface area contributed by atoms with E-state index in [4.69, 9.17) is 11.6 Å². The lowest BCUT2D eigenvalue weighted by Crippen LogP contribution is -2.29. The first kappa shape index (κ1) is 15.7. The summed E-state index contributed by atoms with van der Waals surface area (Å²) < 4.78 is 0.578. The van der Waals surface area contributed by atoms with Crippen LogP contribution in [0.2, 0.25) is 5.02 Å². The number of non-ortho nitro benzene ring substituents is 1. The average molecular weight is 322 g/mol. The van der Waals surface area contributed by atoms with E-state index in [1.54, 1.807) is 7.05 Å². The molecule has 114 valence electrons. The summed E-state index contributed by atoms with van der Waals surface area (Å²) in [6.45, 7) is 0.117. The summed E-state index contributed by atoms with van der Waals surface area (Å²) in [5.41, 5.74) is 0.727. The average Bonchev–Trinajstić information content (AvgIpc) is 2.49. The van der Waals surface area contributed by atoms with Gasteiger partial charge in [-0.15, -0.1) is 0 Å². The van der Waals surface area contributed by atoms with Gasteiger partial charge in [-0.05, 0) is 11.6 Å². The van der Waals surface area contributed by atoms with E-state index in [9.17, 15) is 20.1 Å². The van der Waals surface area contributed by atoms with Gasteiger partial charge in [-0.3, -0.25) is 14.9 Å². The molecule has 0 fully saturated rings. The molecule has 0 aliphatic heterocycles. The van der Waals surface area contributed by atoms with E-state index in [0.717, 1.165) is 0 Å². The zero-order valence-corrected chi connectivity index (χ0v) is 12.4. The van der Waals surface area contributed by atoms with Gasteiger partial charge in [-0.25, -0.2) is 0 Å². The number of hydrogen-bond donors (Lipinski definition) is 0. The van der Waals surface area contributed by atoms with Crippen molar-refractivity contribution in [2.45, 2.75) is 6.54 Å². The fourth-order valence-electron chi connectivity index (χ4n) is 1.90. The lowest BCUT2D eigenvalue weighted by atomic mass is 10.1. The quantitative estimate of drug-likeness (QED) is 0.373. The minimum atomic E-state index is -0.522. The highest BCUT2D eigenvalue weighted by Crippen LogP contribution is 2.23. The van der Waals surface area contributed by atoms with Crippen LogP contribution >= 0.6 is 11.6 Å². The number of amides is 1. The molecule has 0 unspecified atom stereocenters. The molecule has 1 aromatic heterocycles. The van der Waals surface area contributed by atoms with Crippen molar-refractivity contribution >= 4 is 23.2 Å². The summed E-state index contributed by atoms with van der Waals surface area (Å²) in [7, 11) is 1.55. The van der Waals surface area contributed by atoms with Crippen LogP contribution in [0, 0.1) is 15.3 Å². The second-order valence-corrected chi connectivity index (χ2v) is 5.05. The van der Waals surface area contributed by atoms with Gasteiger partial charge in [0.05, 0.1) is 10.5 Å². The van der Waals surface area contributed by atoms with Gasteiger partial charge < -0.3 is 10.1 Å². The molecule has 0 spiro atoms. The predicted molar refractivity (Wildman–Crippen MR) is 79.3 cm³/mol. The Balaban J connectivity index is 2.19. The maximum absolute atomic E-state index is 12.2. The van der Waals surface area contributed by atoms with Crippen LogP contribution in [0.5, 0.6) is 0 Å². The molecule has 0 radical (unpaired) electrons. The Labute approximate surface area is 131 Å². The number of benzene rings is 1. The van der Waals surface area contributed by atoms with Crippen molar-refractivity contribution < 1.29 is 14.4 Å². The molecule has 2 rings (SSSR count). The fraction of sp³-hybridized carbons (Fsp3) is 0.143. The molecule has 0 saturated heterocycles. The zero-order valence-electron chi connectivity index (χ0n) is 11.6. The number of rotatable bonds is 4. The van der Waals surface area contributed by atoms with Gasteiger partial charge in [0.25, 0.3) is 11.6 Å². The van der Waals surface area contributed by atoms with Crippen LogP contribution in [0.15, 0.2) is 42.7 Å². The van der Waals surface area contributed by atoms with Gasteiger partial charge in [0.15, 0.2) is 12.4 Å². The molecule has 0 aliphatic carbocycles. The van der Waals surface area contributed by atoms with Crippen molar-refractivity contribution in [3.8, 4) is 0 Å². The summed E-state index contributed by atoms with van der Waals surface area (Å²) in [6, 6.07) is 6.87. The SMILES string of the molecule is CN(Cc1cc([N+](=O)[O-])ccc1Cl)C(=O)c1cc[n+]([O-])cc1. The molecular formula is C14H12ClN3O4. The van der Waals surface area contributed by atoms with Gasteiger partial charge in [0.2, 0.25) is 0 Å².